The predicted octanol–water partition coefficient (Wildman–Crippen LogP) is 0.816. The van der Waals surface area contributed by atoms with E-state index >= 15 is 0 Å². The van der Waals surface area contributed by atoms with Gasteiger partial charge in [-0.25, -0.2) is 4.79 Å². The molecule has 2 N–H and O–H groups in total. The molecular weight excluding hydrogens is 208 g/mol. The molecule has 2 unspecified atom stereocenters. The molecule has 0 aliphatic carbocycles. The quantitative estimate of drug-likeness (QED) is 0.743. The topological polar surface area (TPSA) is 66.8 Å². The van der Waals surface area contributed by atoms with Gasteiger partial charge < -0.3 is 14.9 Å². The SMILES string of the molecule is COC(=O)C(O)c1ccccc1CC(C)O. The lowest BCUT2D eigenvalue weighted by Crippen LogP contribution is -2.16. The largest absolute Gasteiger partial charge is 0.467 e. The Morgan fingerprint density at radius 1 is 1.38 bits per heavy atom. The van der Waals surface area contributed by atoms with Crippen LogP contribution in [0.15, 0.2) is 24.3 Å². The minimum atomic E-state index is -1.29. The number of aliphatic hydroxyl groups excluding tert-OH is 2. The van der Waals surface area contributed by atoms with Crippen molar-refractivity contribution in [1.82, 2.24) is 0 Å². The Balaban J connectivity index is 2.98. The third kappa shape index (κ3) is 3.05. The van der Waals surface area contributed by atoms with Gasteiger partial charge in [-0.15, -0.1) is 0 Å². The highest BCUT2D eigenvalue weighted by Crippen LogP contribution is 2.20. The van der Waals surface area contributed by atoms with E-state index in [-0.39, 0.29) is 0 Å². The van der Waals surface area contributed by atoms with Crippen molar-refractivity contribution in [3.8, 4) is 0 Å². The zero-order valence-corrected chi connectivity index (χ0v) is 9.38. The lowest BCUT2D eigenvalue weighted by molar-refractivity contribution is -0.150. The van der Waals surface area contributed by atoms with Gasteiger partial charge in [0.15, 0.2) is 6.10 Å². The Hall–Kier alpha value is -1.39. The lowest BCUT2D eigenvalue weighted by Gasteiger charge is -2.14. The average molecular weight is 224 g/mol. The molecule has 1 rings (SSSR count). The molecule has 0 saturated carbocycles. The van der Waals surface area contributed by atoms with E-state index in [0.717, 1.165) is 5.56 Å². The number of carbonyl (C=O) groups excluding carboxylic acids is 1. The fourth-order valence-electron chi connectivity index (χ4n) is 1.54. The highest BCUT2D eigenvalue weighted by Gasteiger charge is 2.20. The Kier molecular flexibility index (Phi) is 4.46. The smallest absolute Gasteiger partial charge is 0.339 e. The van der Waals surface area contributed by atoms with Crippen molar-refractivity contribution in [1.29, 1.82) is 0 Å². The molecule has 4 nitrogen and oxygen atoms in total. The van der Waals surface area contributed by atoms with Crippen molar-refractivity contribution in [2.75, 3.05) is 7.11 Å². The maximum absolute atomic E-state index is 11.2. The molecule has 0 amide bonds. The first-order valence-electron chi connectivity index (χ1n) is 5.08. The lowest BCUT2D eigenvalue weighted by atomic mass is 9.98. The van der Waals surface area contributed by atoms with Crippen LogP contribution in [0.2, 0.25) is 0 Å². The average Bonchev–Trinajstić information content (AvgIpc) is 2.27. The predicted molar refractivity (Wildman–Crippen MR) is 58.8 cm³/mol. The zero-order valence-electron chi connectivity index (χ0n) is 9.38. The third-order valence-corrected chi connectivity index (χ3v) is 2.29. The number of hydrogen-bond donors (Lipinski definition) is 2. The minimum absolute atomic E-state index is 0.393. The molecule has 16 heavy (non-hydrogen) atoms. The fraction of sp³-hybridized carbons (Fsp3) is 0.417. The van der Waals surface area contributed by atoms with Crippen LogP contribution in [-0.2, 0) is 16.0 Å². The molecule has 0 fully saturated rings. The Bertz CT molecular complexity index is 360. The van der Waals surface area contributed by atoms with Gasteiger partial charge in [0.2, 0.25) is 0 Å². The summed E-state index contributed by atoms with van der Waals surface area (Å²) in [6, 6.07) is 6.95. The molecule has 0 heterocycles. The van der Waals surface area contributed by atoms with E-state index < -0.39 is 18.2 Å². The highest BCUT2D eigenvalue weighted by molar-refractivity contribution is 5.76. The van der Waals surface area contributed by atoms with Crippen LogP contribution in [0.1, 0.15) is 24.2 Å². The second-order valence-electron chi connectivity index (χ2n) is 3.68. The molecule has 0 radical (unpaired) electrons. The summed E-state index contributed by atoms with van der Waals surface area (Å²) in [4.78, 5) is 11.2. The number of benzene rings is 1. The first-order chi connectivity index (χ1) is 7.56. The van der Waals surface area contributed by atoms with Crippen LogP contribution in [0.3, 0.4) is 0 Å². The molecule has 0 saturated heterocycles. The summed E-state index contributed by atoms with van der Waals surface area (Å²) in [5.41, 5.74) is 1.23. The summed E-state index contributed by atoms with van der Waals surface area (Å²) in [5, 5.41) is 19.0. The van der Waals surface area contributed by atoms with Crippen molar-refractivity contribution in [3.63, 3.8) is 0 Å². The molecule has 0 aliphatic heterocycles. The highest BCUT2D eigenvalue weighted by atomic mass is 16.5. The monoisotopic (exact) mass is 224 g/mol. The number of ether oxygens (including phenoxy) is 1. The van der Waals surface area contributed by atoms with E-state index in [4.69, 9.17) is 0 Å². The summed E-state index contributed by atoms with van der Waals surface area (Å²) >= 11 is 0. The van der Waals surface area contributed by atoms with Crippen LogP contribution >= 0.6 is 0 Å². The Morgan fingerprint density at radius 2 is 2.00 bits per heavy atom. The van der Waals surface area contributed by atoms with Crippen molar-refractivity contribution in [2.45, 2.75) is 25.6 Å². The molecule has 1 aromatic carbocycles. The number of esters is 1. The molecule has 1 aromatic rings. The third-order valence-electron chi connectivity index (χ3n) is 2.29. The molecule has 0 bridgehead atoms. The zero-order chi connectivity index (χ0) is 12.1. The Morgan fingerprint density at radius 3 is 2.56 bits per heavy atom. The maximum atomic E-state index is 11.2. The molecular formula is C12H16O4. The summed E-state index contributed by atoms with van der Waals surface area (Å²) in [6.07, 6.45) is -1.42. The van der Waals surface area contributed by atoms with Crippen LogP contribution in [0.4, 0.5) is 0 Å². The fourth-order valence-corrected chi connectivity index (χ4v) is 1.54. The molecule has 88 valence electrons. The van der Waals surface area contributed by atoms with E-state index in [1.54, 1.807) is 31.2 Å². The summed E-state index contributed by atoms with van der Waals surface area (Å²) < 4.78 is 4.47. The number of methoxy groups -OCH3 is 1. The number of carbonyl (C=O) groups is 1. The van der Waals surface area contributed by atoms with Crippen LogP contribution < -0.4 is 0 Å². The van der Waals surface area contributed by atoms with Gasteiger partial charge in [0.05, 0.1) is 13.2 Å². The van der Waals surface area contributed by atoms with E-state index in [2.05, 4.69) is 4.74 Å². The van der Waals surface area contributed by atoms with Crippen LogP contribution in [-0.4, -0.2) is 29.4 Å². The van der Waals surface area contributed by atoms with Gasteiger partial charge in [-0.3, -0.25) is 0 Å². The first-order valence-corrected chi connectivity index (χ1v) is 5.08. The summed E-state index contributed by atoms with van der Waals surface area (Å²) in [6.45, 7) is 1.65. The van der Waals surface area contributed by atoms with Crippen molar-refractivity contribution in [3.05, 3.63) is 35.4 Å². The van der Waals surface area contributed by atoms with Crippen molar-refractivity contribution >= 4 is 5.97 Å². The van der Waals surface area contributed by atoms with E-state index in [9.17, 15) is 15.0 Å². The van der Waals surface area contributed by atoms with Crippen molar-refractivity contribution < 1.29 is 19.7 Å². The van der Waals surface area contributed by atoms with E-state index in [1.165, 1.54) is 7.11 Å². The van der Waals surface area contributed by atoms with Crippen LogP contribution in [0.5, 0.6) is 0 Å². The molecule has 4 heteroatoms. The number of aliphatic hydroxyl groups is 2. The second-order valence-corrected chi connectivity index (χ2v) is 3.68. The molecule has 2 atom stereocenters. The van der Waals surface area contributed by atoms with E-state index in [0.29, 0.717) is 12.0 Å². The normalized spacial score (nSPS) is 14.2. The van der Waals surface area contributed by atoms with Gasteiger partial charge in [-0.05, 0) is 24.5 Å². The van der Waals surface area contributed by atoms with Gasteiger partial charge >= 0.3 is 5.97 Å². The second kappa shape index (κ2) is 5.63. The molecule has 0 spiro atoms. The minimum Gasteiger partial charge on any atom is -0.467 e. The van der Waals surface area contributed by atoms with Gasteiger partial charge in [-0.2, -0.15) is 0 Å². The number of rotatable bonds is 4. The van der Waals surface area contributed by atoms with Crippen LogP contribution in [0.25, 0.3) is 0 Å². The first kappa shape index (κ1) is 12.7. The number of hydrogen-bond acceptors (Lipinski definition) is 4. The summed E-state index contributed by atoms with van der Waals surface area (Å²) in [7, 11) is 1.23. The summed E-state index contributed by atoms with van der Waals surface area (Å²) in [5.74, 6) is -0.696. The Labute approximate surface area is 94.5 Å². The standard InChI is InChI=1S/C12H16O4/c1-8(13)7-9-5-3-4-6-10(9)11(14)12(15)16-2/h3-6,8,11,13-14H,7H2,1-2H3. The van der Waals surface area contributed by atoms with Gasteiger partial charge in [0, 0.05) is 0 Å². The van der Waals surface area contributed by atoms with E-state index in [1.807, 2.05) is 0 Å². The molecule has 0 aromatic heterocycles. The van der Waals surface area contributed by atoms with Gasteiger partial charge in [0.25, 0.3) is 0 Å². The van der Waals surface area contributed by atoms with Gasteiger partial charge in [-0.1, -0.05) is 24.3 Å². The van der Waals surface area contributed by atoms with Crippen LogP contribution in [0, 0.1) is 0 Å². The van der Waals surface area contributed by atoms with Crippen molar-refractivity contribution in [2.24, 2.45) is 0 Å². The molecule has 0 aliphatic rings. The maximum Gasteiger partial charge on any atom is 0.339 e. The van der Waals surface area contributed by atoms with Gasteiger partial charge in [0.1, 0.15) is 0 Å².